The Morgan fingerprint density at radius 1 is 0.938 bits per heavy atom. The van der Waals surface area contributed by atoms with Crippen LogP contribution in [0.4, 0.5) is 0 Å². The van der Waals surface area contributed by atoms with Crippen molar-refractivity contribution in [3.63, 3.8) is 0 Å². The molecule has 0 spiro atoms. The molecule has 0 N–H and O–H groups in total. The molecule has 0 heterocycles. The SMILES string of the molecule is O=C([Se]c1ccccc1Cl)c1ccccc1. The van der Waals surface area contributed by atoms with Crippen molar-refractivity contribution in [2.75, 3.05) is 0 Å². The van der Waals surface area contributed by atoms with Crippen LogP contribution in [-0.4, -0.2) is 19.6 Å². The quantitative estimate of drug-likeness (QED) is 0.795. The van der Waals surface area contributed by atoms with Crippen LogP contribution in [0.15, 0.2) is 54.6 Å². The van der Waals surface area contributed by atoms with Gasteiger partial charge in [0.1, 0.15) is 0 Å². The second-order valence-electron chi connectivity index (χ2n) is 3.19. The van der Waals surface area contributed by atoms with Crippen molar-refractivity contribution in [2.24, 2.45) is 0 Å². The summed E-state index contributed by atoms with van der Waals surface area (Å²) in [4.78, 5) is 11.9. The third kappa shape index (κ3) is 2.73. The molecule has 0 saturated heterocycles. The van der Waals surface area contributed by atoms with E-state index in [1.807, 2.05) is 54.6 Å². The number of carbonyl (C=O) groups excluding carboxylic acids is 1. The van der Waals surface area contributed by atoms with Crippen LogP contribution in [0.2, 0.25) is 5.02 Å². The zero-order valence-corrected chi connectivity index (χ0v) is 10.9. The van der Waals surface area contributed by atoms with Gasteiger partial charge in [0, 0.05) is 0 Å². The summed E-state index contributed by atoms with van der Waals surface area (Å²) in [7, 11) is 0. The van der Waals surface area contributed by atoms with Gasteiger partial charge in [-0.15, -0.1) is 0 Å². The molecule has 16 heavy (non-hydrogen) atoms. The van der Waals surface area contributed by atoms with E-state index in [9.17, 15) is 4.79 Å². The fraction of sp³-hybridized carbons (Fsp3) is 0. The molecule has 80 valence electrons. The van der Waals surface area contributed by atoms with Gasteiger partial charge in [-0.05, 0) is 0 Å². The van der Waals surface area contributed by atoms with E-state index in [1.165, 1.54) is 0 Å². The molecule has 0 fully saturated rings. The van der Waals surface area contributed by atoms with Crippen LogP contribution in [0.3, 0.4) is 0 Å². The molecule has 2 aromatic rings. The van der Waals surface area contributed by atoms with Gasteiger partial charge in [0.2, 0.25) is 0 Å². The molecule has 0 atom stereocenters. The molecule has 0 aliphatic carbocycles. The summed E-state index contributed by atoms with van der Waals surface area (Å²) < 4.78 is 1.09. The van der Waals surface area contributed by atoms with E-state index >= 15 is 0 Å². The molecule has 0 radical (unpaired) electrons. The van der Waals surface area contributed by atoms with E-state index in [-0.39, 0.29) is 19.6 Å². The summed E-state index contributed by atoms with van der Waals surface area (Å²) in [6.07, 6.45) is 0. The molecule has 0 aromatic heterocycles. The van der Waals surface area contributed by atoms with Gasteiger partial charge in [0.05, 0.1) is 0 Å². The van der Waals surface area contributed by atoms with Crippen LogP contribution in [-0.2, 0) is 0 Å². The van der Waals surface area contributed by atoms with Crippen molar-refractivity contribution < 1.29 is 4.79 Å². The molecular weight excluding hydrogens is 287 g/mol. The monoisotopic (exact) mass is 296 g/mol. The minimum atomic E-state index is -0.250. The third-order valence-electron chi connectivity index (χ3n) is 2.05. The van der Waals surface area contributed by atoms with Crippen LogP contribution < -0.4 is 4.46 Å². The molecule has 1 nitrogen and oxygen atoms in total. The molecule has 0 unspecified atom stereocenters. The summed E-state index contributed by atoms with van der Waals surface area (Å²) >= 11 is 5.77. The molecule has 0 aliphatic rings. The van der Waals surface area contributed by atoms with Gasteiger partial charge in [0.25, 0.3) is 0 Å². The van der Waals surface area contributed by atoms with E-state index in [0.717, 1.165) is 10.0 Å². The maximum atomic E-state index is 11.9. The van der Waals surface area contributed by atoms with Crippen molar-refractivity contribution in [3.05, 3.63) is 65.2 Å². The topological polar surface area (TPSA) is 17.1 Å². The zero-order valence-electron chi connectivity index (χ0n) is 8.39. The number of hydrogen-bond acceptors (Lipinski definition) is 1. The van der Waals surface area contributed by atoms with Crippen molar-refractivity contribution in [1.82, 2.24) is 0 Å². The number of rotatable bonds is 3. The predicted molar refractivity (Wildman–Crippen MR) is 67.6 cm³/mol. The second kappa shape index (κ2) is 5.31. The van der Waals surface area contributed by atoms with Crippen LogP contribution in [0.1, 0.15) is 10.4 Å². The molecule has 3 heteroatoms. The molecule has 0 amide bonds. The Morgan fingerprint density at radius 3 is 2.25 bits per heavy atom. The van der Waals surface area contributed by atoms with E-state index in [2.05, 4.69) is 0 Å². The summed E-state index contributed by atoms with van der Waals surface area (Å²) in [6.45, 7) is 0. The van der Waals surface area contributed by atoms with Gasteiger partial charge in [0.15, 0.2) is 0 Å². The van der Waals surface area contributed by atoms with E-state index in [1.54, 1.807) is 0 Å². The average Bonchev–Trinajstić information content (AvgIpc) is 2.33. The van der Waals surface area contributed by atoms with E-state index < -0.39 is 0 Å². The van der Waals surface area contributed by atoms with Gasteiger partial charge in [-0.3, -0.25) is 0 Å². The third-order valence-corrected chi connectivity index (χ3v) is 4.72. The number of benzene rings is 2. The van der Waals surface area contributed by atoms with E-state index in [4.69, 9.17) is 11.6 Å². The summed E-state index contributed by atoms with van der Waals surface area (Å²) in [5.74, 6) is 0. The second-order valence-corrected chi connectivity index (χ2v) is 5.72. The molecule has 2 aromatic carbocycles. The first-order valence-electron chi connectivity index (χ1n) is 4.79. The minimum absolute atomic E-state index is 0.154. The van der Waals surface area contributed by atoms with Gasteiger partial charge < -0.3 is 0 Å². The standard InChI is InChI=1S/C13H9ClOSe/c14-11-8-4-5-9-12(11)16-13(15)10-6-2-1-3-7-10/h1-9H. The molecular formula is C13H9ClOSe. The normalized spacial score (nSPS) is 10.1. The molecule has 2 rings (SSSR count). The first kappa shape index (κ1) is 11.4. The summed E-state index contributed by atoms with van der Waals surface area (Å²) in [6, 6.07) is 16.8. The molecule has 0 bridgehead atoms. The first-order chi connectivity index (χ1) is 7.77. The summed E-state index contributed by atoms with van der Waals surface area (Å²) in [5.41, 5.74) is 0.752. The Hall–Kier alpha value is -1.08. The number of halogens is 1. The molecule has 0 saturated carbocycles. The van der Waals surface area contributed by atoms with Crippen molar-refractivity contribution in [3.8, 4) is 0 Å². The zero-order chi connectivity index (χ0) is 11.4. The summed E-state index contributed by atoms with van der Waals surface area (Å²) in [5, 5.41) is 0.673. The van der Waals surface area contributed by atoms with Crippen LogP contribution in [0, 0.1) is 0 Å². The van der Waals surface area contributed by atoms with E-state index in [0.29, 0.717) is 5.02 Å². The van der Waals surface area contributed by atoms with Crippen molar-refractivity contribution in [2.45, 2.75) is 0 Å². The van der Waals surface area contributed by atoms with Gasteiger partial charge in [-0.2, -0.15) is 0 Å². The van der Waals surface area contributed by atoms with Gasteiger partial charge >= 0.3 is 106 Å². The fourth-order valence-corrected chi connectivity index (χ4v) is 3.20. The fourth-order valence-electron chi connectivity index (χ4n) is 1.26. The Labute approximate surface area is 106 Å². The Morgan fingerprint density at radius 2 is 1.56 bits per heavy atom. The average molecular weight is 296 g/mol. The number of hydrogen-bond donors (Lipinski definition) is 0. The Balaban J connectivity index is 2.18. The predicted octanol–water partition coefficient (Wildman–Crippen LogP) is 2.51. The van der Waals surface area contributed by atoms with Crippen LogP contribution in [0.25, 0.3) is 0 Å². The Bertz CT molecular complexity index is 496. The van der Waals surface area contributed by atoms with Crippen LogP contribution >= 0.6 is 11.6 Å². The molecule has 0 aliphatic heterocycles. The Kier molecular flexibility index (Phi) is 3.78. The van der Waals surface area contributed by atoms with Gasteiger partial charge in [-0.1, -0.05) is 0 Å². The maximum absolute atomic E-state index is 11.9. The number of carbonyl (C=O) groups is 1. The van der Waals surface area contributed by atoms with Crippen molar-refractivity contribution in [1.29, 1.82) is 0 Å². The first-order valence-corrected chi connectivity index (χ1v) is 6.88. The van der Waals surface area contributed by atoms with Crippen molar-refractivity contribution >= 4 is 35.7 Å². The van der Waals surface area contributed by atoms with Gasteiger partial charge in [-0.25, -0.2) is 0 Å². The van der Waals surface area contributed by atoms with Crippen LogP contribution in [0.5, 0.6) is 0 Å².